The van der Waals surface area contributed by atoms with E-state index in [1.807, 2.05) is 6.07 Å². The summed E-state index contributed by atoms with van der Waals surface area (Å²) in [6, 6.07) is 4.75. The first-order chi connectivity index (χ1) is 11.9. The molecule has 2 heterocycles. The number of hydrogen-bond donors (Lipinski definition) is 2. The topological polar surface area (TPSA) is 89.3 Å². The fourth-order valence-corrected chi connectivity index (χ4v) is 3.73. The van der Waals surface area contributed by atoms with Gasteiger partial charge < -0.3 is 15.2 Å². The minimum atomic E-state index is -0.408. The Morgan fingerprint density at radius 3 is 2.88 bits per heavy atom. The molecule has 2 aliphatic rings. The number of ketones is 1. The number of ether oxygens (including phenoxy) is 1. The molecule has 0 amide bonds. The van der Waals surface area contributed by atoms with Crippen LogP contribution in [0.1, 0.15) is 38.3 Å². The Balaban J connectivity index is 1.88. The third-order valence-electron chi connectivity index (χ3n) is 4.79. The predicted molar refractivity (Wildman–Crippen MR) is 91.5 cm³/mol. The largest absolute Gasteiger partial charge is 0.504 e. The van der Waals surface area contributed by atoms with Gasteiger partial charge in [-0.1, -0.05) is 19.9 Å². The third kappa shape index (κ3) is 2.47. The van der Waals surface area contributed by atoms with Gasteiger partial charge >= 0.3 is 0 Å². The minimum absolute atomic E-state index is 0.0333. The van der Waals surface area contributed by atoms with E-state index >= 15 is 0 Å². The van der Waals surface area contributed by atoms with E-state index in [0.717, 1.165) is 17.7 Å². The number of aromatic hydroxyl groups is 1. The van der Waals surface area contributed by atoms with E-state index in [4.69, 9.17) is 4.74 Å². The van der Waals surface area contributed by atoms with E-state index in [0.29, 0.717) is 23.7 Å². The molecule has 1 aromatic heterocycles. The van der Waals surface area contributed by atoms with Gasteiger partial charge in [0.05, 0.1) is 7.11 Å². The maximum Gasteiger partial charge on any atom is 0.226 e. The highest BCUT2D eigenvalue weighted by molar-refractivity contribution is 6.00. The predicted octanol–water partition coefficient (Wildman–Crippen LogP) is 2.65. The minimum Gasteiger partial charge on any atom is -0.504 e. The van der Waals surface area contributed by atoms with Crippen molar-refractivity contribution in [2.45, 2.75) is 32.7 Å². The van der Waals surface area contributed by atoms with Gasteiger partial charge in [-0.25, -0.2) is 4.68 Å². The zero-order chi connectivity index (χ0) is 17.8. The van der Waals surface area contributed by atoms with Gasteiger partial charge in [0.25, 0.3) is 0 Å². The number of carbonyl (C=O) groups excluding carboxylic acids is 1. The monoisotopic (exact) mass is 340 g/mol. The maximum absolute atomic E-state index is 12.9. The van der Waals surface area contributed by atoms with Gasteiger partial charge in [0, 0.05) is 17.7 Å². The summed E-state index contributed by atoms with van der Waals surface area (Å²) in [5, 5.41) is 17.7. The number of methoxy groups -OCH3 is 1. The molecule has 0 unspecified atom stereocenters. The lowest BCUT2D eigenvalue weighted by molar-refractivity contribution is -0.118. The number of nitrogens with one attached hydrogen (secondary N) is 1. The fourth-order valence-electron chi connectivity index (χ4n) is 3.73. The van der Waals surface area contributed by atoms with Crippen LogP contribution < -0.4 is 10.1 Å². The summed E-state index contributed by atoms with van der Waals surface area (Å²) in [5.41, 5.74) is 2.26. The average molecular weight is 340 g/mol. The number of carbonyl (C=O) groups is 1. The number of benzene rings is 1. The van der Waals surface area contributed by atoms with Crippen molar-refractivity contribution in [3.63, 3.8) is 0 Å². The second-order valence-corrected chi connectivity index (χ2v) is 7.32. The number of Topliss-reactive ketones (excluding diaryl/α,β-unsaturated/α-hetero) is 1. The number of rotatable bonds is 2. The van der Waals surface area contributed by atoms with Crippen molar-refractivity contribution in [3.8, 4) is 11.5 Å². The van der Waals surface area contributed by atoms with Crippen LogP contribution in [0.5, 0.6) is 11.5 Å². The van der Waals surface area contributed by atoms with Crippen LogP contribution in [0.4, 0.5) is 5.95 Å². The summed E-state index contributed by atoms with van der Waals surface area (Å²) < 4.78 is 6.81. The van der Waals surface area contributed by atoms with E-state index in [2.05, 4.69) is 29.2 Å². The van der Waals surface area contributed by atoms with Gasteiger partial charge in [0.2, 0.25) is 5.95 Å². The zero-order valence-electron chi connectivity index (χ0n) is 14.4. The Labute approximate surface area is 145 Å². The van der Waals surface area contributed by atoms with Gasteiger partial charge in [-0.15, -0.1) is 0 Å². The summed E-state index contributed by atoms with van der Waals surface area (Å²) in [4.78, 5) is 17.2. The lowest BCUT2D eigenvalue weighted by atomic mass is 9.73. The molecular weight excluding hydrogens is 320 g/mol. The Morgan fingerprint density at radius 2 is 2.16 bits per heavy atom. The molecule has 25 heavy (non-hydrogen) atoms. The van der Waals surface area contributed by atoms with Crippen molar-refractivity contribution in [2.75, 3.05) is 12.4 Å². The molecule has 1 aromatic carbocycles. The van der Waals surface area contributed by atoms with Crippen molar-refractivity contribution >= 4 is 11.7 Å². The molecule has 1 aliphatic carbocycles. The molecule has 0 saturated carbocycles. The molecule has 1 aliphatic heterocycles. The quantitative estimate of drug-likeness (QED) is 0.874. The first-order valence-corrected chi connectivity index (χ1v) is 8.19. The SMILES string of the molecule is COc1ccc([C@@H]2C3=C(CC(C)(C)CC3=O)Nc3ncnn32)cc1O. The smallest absolute Gasteiger partial charge is 0.226 e. The maximum atomic E-state index is 12.9. The Bertz CT molecular complexity index is 897. The van der Waals surface area contributed by atoms with Crippen LogP contribution in [0.25, 0.3) is 0 Å². The molecule has 0 saturated heterocycles. The van der Waals surface area contributed by atoms with Crippen molar-refractivity contribution in [2.24, 2.45) is 5.41 Å². The average Bonchev–Trinajstić information content (AvgIpc) is 2.99. The van der Waals surface area contributed by atoms with Gasteiger partial charge in [-0.2, -0.15) is 10.1 Å². The molecule has 130 valence electrons. The molecule has 2 aromatic rings. The van der Waals surface area contributed by atoms with Crippen LogP contribution >= 0.6 is 0 Å². The first kappa shape index (κ1) is 15.7. The van der Waals surface area contributed by atoms with Crippen LogP contribution in [0.3, 0.4) is 0 Å². The number of fused-ring (bicyclic) bond motifs is 1. The van der Waals surface area contributed by atoms with Crippen molar-refractivity contribution < 1.29 is 14.6 Å². The van der Waals surface area contributed by atoms with E-state index in [-0.39, 0.29) is 16.9 Å². The highest BCUT2D eigenvalue weighted by Gasteiger charge is 2.41. The molecule has 2 N–H and O–H groups in total. The van der Waals surface area contributed by atoms with Gasteiger partial charge in [0.15, 0.2) is 17.3 Å². The van der Waals surface area contributed by atoms with Crippen LogP contribution in [-0.2, 0) is 4.79 Å². The van der Waals surface area contributed by atoms with Crippen molar-refractivity contribution in [1.29, 1.82) is 0 Å². The molecule has 0 spiro atoms. The number of phenols is 1. The Kier molecular flexibility index (Phi) is 3.35. The standard InChI is InChI=1S/C18H20N4O3/c1-18(2)7-11-15(13(24)8-18)16(22-17(21-11)19-9-20-22)10-4-5-14(25-3)12(23)6-10/h4-6,9,16,23H,7-8H2,1-3H3,(H,19,20,21)/t16-/m1/s1. The lowest BCUT2D eigenvalue weighted by Gasteiger charge is -2.38. The summed E-state index contributed by atoms with van der Waals surface area (Å²) in [7, 11) is 1.50. The van der Waals surface area contributed by atoms with Crippen LogP contribution in [0.15, 0.2) is 35.8 Å². The molecule has 1 atom stereocenters. The number of anilines is 1. The Hall–Kier alpha value is -2.83. The van der Waals surface area contributed by atoms with E-state index < -0.39 is 6.04 Å². The third-order valence-corrected chi connectivity index (χ3v) is 4.79. The molecular formula is C18H20N4O3. The summed E-state index contributed by atoms with van der Waals surface area (Å²) >= 11 is 0. The van der Waals surface area contributed by atoms with Crippen LogP contribution in [0.2, 0.25) is 0 Å². The summed E-state index contributed by atoms with van der Waals surface area (Å²) in [5.74, 6) is 1.12. The van der Waals surface area contributed by atoms with E-state index in [1.165, 1.54) is 13.4 Å². The number of hydrogen-bond acceptors (Lipinski definition) is 6. The first-order valence-electron chi connectivity index (χ1n) is 8.19. The lowest BCUT2D eigenvalue weighted by Crippen LogP contribution is -2.36. The molecule has 0 fully saturated rings. The molecule has 7 heteroatoms. The number of aromatic nitrogens is 3. The fraction of sp³-hybridized carbons (Fsp3) is 0.389. The molecule has 7 nitrogen and oxygen atoms in total. The highest BCUT2D eigenvalue weighted by Crippen LogP contribution is 2.45. The summed E-state index contributed by atoms with van der Waals surface area (Å²) in [6.45, 7) is 4.17. The second-order valence-electron chi connectivity index (χ2n) is 7.32. The van der Waals surface area contributed by atoms with E-state index in [1.54, 1.807) is 16.8 Å². The second kappa shape index (κ2) is 5.34. The van der Waals surface area contributed by atoms with Crippen LogP contribution in [-0.4, -0.2) is 32.8 Å². The number of nitrogens with zero attached hydrogens (tertiary/aromatic N) is 3. The van der Waals surface area contributed by atoms with E-state index in [9.17, 15) is 9.90 Å². The Morgan fingerprint density at radius 1 is 1.36 bits per heavy atom. The highest BCUT2D eigenvalue weighted by atomic mass is 16.5. The molecule has 0 radical (unpaired) electrons. The zero-order valence-corrected chi connectivity index (χ0v) is 14.4. The number of allylic oxidation sites excluding steroid dienone is 2. The van der Waals surface area contributed by atoms with Gasteiger partial charge in [0.1, 0.15) is 12.4 Å². The summed E-state index contributed by atoms with van der Waals surface area (Å²) in [6.07, 6.45) is 2.71. The van der Waals surface area contributed by atoms with Gasteiger partial charge in [-0.3, -0.25) is 4.79 Å². The molecule has 4 rings (SSSR count). The van der Waals surface area contributed by atoms with Crippen molar-refractivity contribution in [1.82, 2.24) is 14.8 Å². The molecule has 0 bridgehead atoms. The normalized spacial score (nSPS) is 21.4. The van der Waals surface area contributed by atoms with Crippen molar-refractivity contribution in [3.05, 3.63) is 41.4 Å². The van der Waals surface area contributed by atoms with Gasteiger partial charge in [-0.05, 0) is 29.5 Å². The van der Waals surface area contributed by atoms with Crippen LogP contribution in [0, 0.1) is 5.41 Å². The number of phenolic OH excluding ortho intramolecular Hbond substituents is 1.